The second-order valence-electron chi connectivity index (χ2n) is 9.36. The zero-order chi connectivity index (χ0) is 24.0. The maximum Gasteiger partial charge on any atom is 0.337 e. The molecule has 1 aliphatic rings. The lowest BCUT2D eigenvalue weighted by Gasteiger charge is -2.26. The Morgan fingerprint density at radius 2 is 1.91 bits per heavy atom. The van der Waals surface area contributed by atoms with E-state index in [0.717, 1.165) is 49.5 Å². The fourth-order valence-electron chi connectivity index (χ4n) is 4.54. The van der Waals surface area contributed by atoms with Gasteiger partial charge in [-0.05, 0) is 69.2 Å². The number of carbonyl (C=O) groups is 1. The molecule has 4 heterocycles. The summed E-state index contributed by atoms with van der Waals surface area (Å²) in [4.78, 5) is 23.3. The molecule has 0 amide bonds. The Balaban J connectivity index is 1.85. The molecule has 34 heavy (non-hydrogen) atoms. The van der Waals surface area contributed by atoms with E-state index in [0.29, 0.717) is 12.2 Å². The number of carboxylic acids is 1. The number of thiophene rings is 1. The van der Waals surface area contributed by atoms with Crippen molar-refractivity contribution < 1.29 is 19.4 Å². The minimum absolute atomic E-state index is 0.636. The predicted octanol–water partition coefficient (Wildman–Crippen LogP) is 6.21. The number of aliphatic carboxylic acids is 1. The molecule has 0 radical (unpaired) electrons. The highest BCUT2D eigenvalue weighted by Gasteiger charge is 2.34. The van der Waals surface area contributed by atoms with Crippen molar-refractivity contribution in [1.82, 2.24) is 9.97 Å². The summed E-state index contributed by atoms with van der Waals surface area (Å²) in [6.45, 7) is 8.20. The van der Waals surface area contributed by atoms with Crippen LogP contribution in [-0.4, -0.2) is 33.3 Å². The Hall–Kier alpha value is -3.29. The van der Waals surface area contributed by atoms with E-state index < -0.39 is 17.7 Å². The summed E-state index contributed by atoms with van der Waals surface area (Å²) in [5.74, 6) is -0.204. The highest BCUT2D eigenvalue weighted by Crippen LogP contribution is 2.49. The first-order chi connectivity index (χ1) is 16.2. The molecule has 1 aliphatic heterocycles. The SMILES string of the molecule is Cc1sc(-c2ccncc2)c(-c2ccc3c4c(ccnc24)CCO3)c1C(OC(C)(C)C)C(=O)O. The molecule has 0 spiro atoms. The topological polar surface area (TPSA) is 81.5 Å². The third kappa shape index (κ3) is 3.95. The number of carboxylic acid groups (broad SMARTS) is 1. The van der Waals surface area contributed by atoms with Gasteiger partial charge >= 0.3 is 5.97 Å². The van der Waals surface area contributed by atoms with Crippen LogP contribution in [0.25, 0.3) is 32.5 Å². The zero-order valence-electron chi connectivity index (χ0n) is 19.6. The Morgan fingerprint density at radius 3 is 2.62 bits per heavy atom. The molecule has 4 aromatic rings. The number of hydrogen-bond acceptors (Lipinski definition) is 6. The first-order valence-corrected chi connectivity index (χ1v) is 12.0. The van der Waals surface area contributed by atoms with Crippen LogP contribution < -0.4 is 4.74 Å². The van der Waals surface area contributed by atoms with Crippen LogP contribution >= 0.6 is 11.3 Å². The summed E-state index contributed by atoms with van der Waals surface area (Å²) in [6, 6.07) is 9.88. The largest absolute Gasteiger partial charge is 0.493 e. The molecule has 174 valence electrons. The molecule has 0 fully saturated rings. The lowest BCUT2D eigenvalue weighted by Crippen LogP contribution is -2.27. The Kier molecular flexibility index (Phi) is 5.62. The molecule has 1 N–H and O–H groups in total. The van der Waals surface area contributed by atoms with Gasteiger partial charge < -0.3 is 14.6 Å². The Labute approximate surface area is 202 Å². The van der Waals surface area contributed by atoms with E-state index in [1.807, 2.05) is 64.2 Å². The number of hydrogen-bond donors (Lipinski definition) is 1. The number of benzene rings is 1. The van der Waals surface area contributed by atoms with E-state index in [4.69, 9.17) is 14.5 Å². The molecule has 1 unspecified atom stereocenters. The van der Waals surface area contributed by atoms with Crippen LogP contribution in [0.5, 0.6) is 5.75 Å². The van der Waals surface area contributed by atoms with Crippen LogP contribution in [0.1, 0.15) is 42.9 Å². The molecule has 0 aliphatic carbocycles. The molecular formula is C27H26N2O4S. The van der Waals surface area contributed by atoms with Crippen molar-refractivity contribution >= 4 is 28.2 Å². The molecule has 0 saturated heterocycles. The van der Waals surface area contributed by atoms with Gasteiger partial charge in [-0.25, -0.2) is 4.79 Å². The van der Waals surface area contributed by atoms with Crippen molar-refractivity contribution in [3.05, 3.63) is 64.9 Å². The van der Waals surface area contributed by atoms with Crippen LogP contribution in [0.2, 0.25) is 0 Å². The smallest absolute Gasteiger partial charge is 0.337 e. The van der Waals surface area contributed by atoms with Crippen molar-refractivity contribution in [2.24, 2.45) is 0 Å². The van der Waals surface area contributed by atoms with Gasteiger partial charge in [-0.2, -0.15) is 0 Å². The van der Waals surface area contributed by atoms with E-state index in [1.165, 1.54) is 5.56 Å². The second-order valence-corrected chi connectivity index (χ2v) is 10.6. The van der Waals surface area contributed by atoms with Crippen molar-refractivity contribution in [3.8, 4) is 27.3 Å². The number of rotatable bonds is 5. The van der Waals surface area contributed by atoms with Crippen LogP contribution in [0.4, 0.5) is 0 Å². The van der Waals surface area contributed by atoms with E-state index in [-0.39, 0.29) is 0 Å². The lowest BCUT2D eigenvalue weighted by atomic mass is 9.91. The molecule has 5 rings (SSSR count). The molecule has 7 heteroatoms. The summed E-state index contributed by atoms with van der Waals surface area (Å²) in [5, 5.41) is 11.2. The number of ether oxygens (including phenoxy) is 2. The van der Waals surface area contributed by atoms with Gasteiger partial charge in [0.1, 0.15) is 5.75 Å². The van der Waals surface area contributed by atoms with Crippen molar-refractivity contribution in [2.75, 3.05) is 6.61 Å². The molecule has 1 atom stereocenters. The fourth-order valence-corrected chi connectivity index (χ4v) is 5.74. The van der Waals surface area contributed by atoms with Gasteiger partial charge in [0.05, 0.1) is 17.7 Å². The van der Waals surface area contributed by atoms with Gasteiger partial charge in [0, 0.05) is 56.8 Å². The quantitative estimate of drug-likeness (QED) is 0.370. The van der Waals surface area contributed by atoms with Gasteiger partial charge in [0.2, 0.25) is 0 Å². The maximum atomic E-state index is 12.5. The Bertz CT molecular complexity index is 1380. The van der Waals surface area contributed by atoms with Crippen LogP contribution in [0.15, 0.2) is 48.9 Å². The predicted molar refractivity (Wildman–Crippen MR) is 133 cm³/mol. The number of aromatic nitrogens is 2. The third-order valence-electron chi connectivity index (χ3n) is 5.87. The summed E-state index contributed by atoms with van der Waals surface area (Å²) in [7, 11) is 0. The zero-order valence-corrected chi connectivity index (χ0v) is 20.4. The van der Waals surface area contributed by atoms with Crippen LogP contribution in [0.3, 0.4) is 0 Å². The lowest BCUT2D eigenvalue weighted by molar-refractivity contribution is -0.160. The average molecular weight is 475 g/mol. The second kappa shape index (κ2) is 8.49. The normalized spacial score (nSPS) is 14.1. The summed E-state index contributed by atoms with van der Waals surface area (Å²) < 4.78 is 12.0. The highest BCUT2D eigenvalue weighted by molar-refractivity contribution is 7.16. The van der Waals surface area contributed by atoms with Crippen LogP contribution in [-0.2, 0) is 16.0 Å². The number of aryl methyl sites for hydroxylation is 1. The monoisotopic (exact) mass is 474 g/mol. The average Bonchev–Trinajstić information content (AvgIpc) is 3.14. The van der Waals surface area contributed by atoms with Crippen molar-refractivity contribution in [2.45, 2.75) is 45.8 Å². The first kappa shape index (κ1) is 22.5. The minimum atomic E-state index is -1.12. The molecule has 1 aromatic carbocycles. The summed E-state index contributed by atoms with van der Waals surface area (Å²) >= 11 is 1.57. The van der Waals surface area contributed by atoms with E-state index >= 15 is 0 Å². The molecular weight excluding hydrogens is 448 g/mol. The maximum absolute atomic E-state index is 12.5. The number of nitrogens with zero attached hydrogens (tertiary/aromatic N) is 2. The van der Waals surface area contributed by atoms with Crippen molar-refractivity contribution in [1.29, 1.82) is 0 Å². The number of pyridine rings is 2. The van der Waals surface area contributed by atoms with Gasteiger partial charge in [-0.1, -0.05) is 0 Å². The van der Waals surface area contributed by atoms with Gasteiger partial charge in [0.25, 0.3) is 0 Å². The first-order valence-electron chi connectivity index (χ1n) is 11.2. The standard InChI is InChI=1S/C27H26N2O4S/c1-15-20(24(26(30)31)33-27(2,3)4)22(25(34-15)17-7-11-28-12-8-17)18-5-6-19-21-16(10-14-32-19)9-13-29-23(18)21/h5-9,11-13,24H,10,14H2,1-4H3,(H,30,31). The van der Waals surface area contributed by atoms with Gasteiger partial charge in [-0.15, -0.1) is 11.3 Å². The molecule has 0 saturated carbocycles. The van der Waals surface area contributed by atoms with Gasteiger partial charge in [0.15, 0.2) is 6.10 Å². The molecule has 6 nitrogen and oxygen atoms in total. The molecule has 0 bridgehead atoms. The highest BCUT2D eigenvalue weighted by atomic mass is 32.1. The molecule has 3 aromatic heterocycles. The third-order valence-corrected chi connectivity index (χ3v) is 7.04. The summed E-state index contributed by atoms with van der Waals surface area (Å²) in [6.07, 6.45) is 5.01. The van der Waals surface area contributed by atoms with E-state index in [9.17, 15) is 9.90 Å². The van der Waals surface area contributed by atoms with Crippen LogP contribution in [0, 0.1) is 6.92 Å². The van der Waals surface area contributed by atoms with E-state index in [1.54, 1.807) is 23.7 Å². The summed E-state index contributed by atoms with van der Waals surface area (Å²) in [5.41, 5.74) is 4.71. The van der Waals surface area contributed by atoms with Gasteiger partial charge in [-0.3, -0.25) is 9.97 Å². The van der Waals surface area contributed by atoms with Crippen molar-refractivity contribution in [3.63, 3.8) is 0 Å². The minimum Gasteiger partial charge on any atom is -0.493 e. The fraction of sp³-hybridized carbons (Fsp3) is 0.296. The van der Waals surface area contributed by atoms with E-state index in [2.05, 4.69) is 4.98 Å². The Morgan fingerprint density at radius 1 is 1.15 bits per heavy atom.